The van der Waals surface area contributed by atoms with Crippen LogP contribution in [0.4, 0.5) is 43.9 Å². The van der Waals surface area contributed by atoms with Gasteiger partial charge in [-0.05, 0) is 32.4 Å². The number of amides is 2. The number of alkyl halides is 10. The summed E-state index contributed by atoms with van der Waals surface area (Å²) in [5.41, 5.74) is 0. The fraction of sp³-hybridized carbons (Fsp3) is 0.871. The molecule has 2 aliphatic heterocycles. The normalized spacial score (nSPS) is 12.8. The van der Waals surface area contributed by atoms with Crippen LogP contribution in [-0.4, -0.2) is 94.0 Å². The molecule has 0 aromatic carbocycles. The zero-order valence-corrected chi connectivity index (χ0v) is 23.3. The molecular formula is C31H72F10N2O3. The summed E-state index contributed by atoms with van der Waals surface area (Å²) in [6.45, 7) is 7.38. The van der Waals surface area contributed by atoms with Gasteiger partial charge in [-0.25, -0.2) is 22.0 Å². The smallest absolute Gasteiger partial charge is 0.344 e. The van der Waals surface area contributed by atoms with E-state index in [-0.39, 0.29) is 83.1 Å². The second kappa shape index (κ2) is 58.5. The van der Waals surface area contributed by atoms with Crippen molar-refractivity contribution >= 4 is 11.8 Å². The fourth-order valence-electron chi connectivity index (χ4n) is 2.38. The third-order valence-electron chi connectivity index (χ3n) is 3.95. The first-order valence-electron chi connectivity index (χ1n) is 12.1. The number of carbonyl (C=O) groups excluding carboxylic acids is 2. The van der Waals surface area contributed by atoms with Gasteiger partial charge in [-0.3, -0.25) is 18.4 Å². The maximum Gasteiger partial charge on any atom is 0.416 e. The Kier molecular flexibility index (Phi) is 101. The Bertz CT molecular complexity index is 547. The maximum absolute atomic E-state index is 12.4. The first kappa shape index (κ1) is 79.4. The number of ether oxygens (including phenoxy) is 1. The maximum atomic E-state index is 12.4. The summed E-state index contributed by atoms with van der Waals surface area (Å²) >= 11 is 0. The van der Waals surface area contributed by atoms with Crippen LogP contribution in [0.1, 0.15) is 112 Å². The van der Waals surface area contributed by atoms with Gasteiger partial charge in [-0.15, -0.1) is 0 Å². The molecule has 0 radical (unpaired) electrons. The fourth-order valence-corrected chi connectivity index (χ4v) is 2.38. The van der Waals surface area contributed by atoms with Gasteiger partial charge >= 0.3 is 6.18 Å². The number of hydrogen-bond donors (Lipinski definition) is 0. The lowest BCUT2D eigenvalue weighted by molar-refractivity contribution is -0.142. The summed E-state index contributed by atoms with van der Waals surface area (Å²) in [5.74, 6) is 0.275. The van der Waals surface area contributed by atoms with Crippen LogP contribution in [-0.2, 0) is 14.3 Å². The molecule has 15 heteroatoms. The lowest BCUT2D eigenvalue weighted by Crippen LogP contribution is -2.38. The van der Waals surface area contributed by atoms with Gasteiger partial charge in [-0.2, -0.15) is 13.2 Å². The monoisotopic (exact) mass is 711 g/mol. The van der Waals surface area contributed by atoms with Gasteiger partial charge in [0, 0.05) is 25.9 Å². The van der Waals surface area contributed by atoms with E-state index in [0.717, 1.165) is 19.4 Å². The molecule has 2 saturated heterocycles. The Balaban J connectivity index is -0.0000000318. The van der Waals surface area contributed by atoms with Gasteiger partial charge in [0.05, 0.1) is 26.5 Å². The van der Waals surface area contributed by atoms with Crippen molar-refractivity contribution in [1.29, 1.82) is 0 Å². The molecule has 2 rings (SSSR count). The highest BCUT2D eigenvalue weighted by atomic mass is 19.4. The number of halogens is 10. The van der Waals surface area contributed by atoms with E-state index < -0.39 is 32.8 Å². The quantitative estimate of drug-likeness (QED) is 0.247. The standard InChI is InChI=1S/C9H15F2NO2.C6H9NO.C3H7F.C2H2F4.C2H6.CH2F2.CH3F.7CH4/c1-7(6-14-8(11)5-10)12-4-2-3-9(12)13;1-2-7-5-3-4-6(7)8;1-2-3-4;3-1-2(4,5)6;1-2;2-1-3;1-2;;;;;;;/h7-8H,2-6H2,1H3;2H,1,3-5H2;2-3H2,1H3;1H2;1-2H3;1H2;1H3;7*1H4. The van der Waals surface area contributed by atoms with Gasteiger partial charge in [0.15, 0.2) is 6.67 Å². The van der Waals surface area contributed by atoms with Crippen LogP contribution in [0.3, 0.4) is 0 Å². The van der Waals surface area contributed by atoms with E-state index in [4.69, 9.17) is 0 Å². The topological polar surface area (TPSA) is 49.9 Å². The highest BCUT2D eigenvalue weighted by Crippen LogP contribution is 2.14. The number of rotatable bonds is 7. The van der Waals surface area contributed by atoms with Gasteiger partial charge in [0.2, 0.25) is 25.1 Å². The van der Waals surface area contributed by atoms with E-state index in [1.165, 1.54) is 0 Å². The van der Waals surface area contributed by atoms with Crippen LogP contribution >= 0.6 is 0 Å². The number of hydrogen-bond acceptors (Lipinski definition) is 3. The minimum absolute atomic E-state index is 0. The molecule has 0 N–H and O–H groups in total. The summed E-state index contributed by atoms with van der Waals surface area (Å²) < 4.78 is 110. The first-order chi connectivity index (χ1) is 18.4. The predicted molar refractivity (Wildman–Crippen MR) is 179 cm³/mol. The molecule has 2 unspecified atom stereocenters. The van der Waals surface area contributed by atoms with E-state index in [9.17, 15) is 53.5 Å². The zero-order chi connectivity index (χ0) is 31.9. The Morgan fingerprint density at radius 2 is 1.20 bits per heavy atom. The Hall–Kier alpha value is -2.06. The van der Waals surface area contributed by atoms with Crippen LogP contribution < -0.4 is 0 Å². The molecular weight excluding hydrogens is 638 g/mol. The van der Waals surface area contributed by atoms with Crippen LogP contribution in [0.15, 0.2) is 12.8 Å². The Morgan fingerprint density at radius 3 is 1.39 bits per heavy atom. The van der Waals surface area contributed by atoms with Crippen molar-refractivity contribution in [3.63, 3.8) is 0 Å². The number of carbonyl (C=O) groups is 2. The molecule has 0 aromatic heterocycles. The van der Waals surface area contributed by atoms with Crippen molar-refractivity contribution in [1.82, 2.24) is 9.80 Å². The second-order valence-corrected chi connectivity index (χ2v) is 6.85. The summed E-state index contributed by atoms with van der Waals surface area (Å²) in [7, 11) is 0.500. The van der Waals surface area contributed by atoms with Crippen LogP contribution in [0.25, 0.3) is 0 Å². The molecule has 2 aliphatic rings. The third kappa shape index (κ3) is 57.6. The van der Waals surface area contributed by atoms with Crippen molar-refractivity contribution in [3.05, 3.63) is 12.8 Å². The zero-order valence-electron chi connectivity index (χ0n) is 23.3. The number of likely N-dealkylation sites (tertiary alicyclic amines) is 2. The van der Waals surface area contributed by atoms with Crippen molar-refractivity contribution in [2.75, 3.05) is 53.8 Å². The molecule has 0 bridgehead atoms. The molecule has 46 heavy (non-hydrogen) atoms. The van der Waals surface area contributed by atoms with Gasteiger partial charge in [-0.1, -0.05) is 79.3 Å². The average Bonchev–Trinajstić information content (AvgIpc) is 3.57. The molecule has 2 amide bonds. The van der Waals surface area contributed by atoms with Crippen LogP contribution in [0.2, 0.25) is 0 Å². The van der Waals surface area contributed by atoms with Crippen LogP contribution in [0.5, 0.6) is 0 Å². The van der Waals surface area contributed by atoms with Gasteiger partial charge in [0.25, 0.3) is 0 Å². The molecule has 2 atom stereocenters. The lowest BCUT2D eigenvalue weighted by atomic mass is 10.3. The first-order valence-corrected chi connectivity index (χ1v) is 12.1. The summed E-state index contributed by atoms with van der Waals surface area (Å²) in [4.78, 5) is 25.2. The molecule has 2 heterocycles. The summed E-state index contributed by atoms with van der Waals surface area (Å²) in [5, 5.41) is 0. The Labute approximate surface area is 277 Å². The van der Waals surface area contributed by atoms with Crippen molar-refractivity contribution < 1.29 is 58.2 Å². The second-order valence-electron chi connectivity index (χ2n) is 6.85. The highest BCUT2D eigenvalue weighted by Gasteiger charge is 2.26. The van der Waals surface area contributed by atoms with E-state index in [0.29, 0.717) is 33.0 Å². The molecule has 0 aliphatic carbocycles. The molecule has 294 valence electrons. The third-order valence-corrected chi connectivity index (χ3v) is 3.95. The summed E-state index contributed by atoms with van der Waals surface area (Å²) in [6, 6.07) is -0.171. The largest absolute Gasteiger partial charge is 0.416 e. The molecule has 0 saturated carbocycles. The van der Waals surface area contributed by atoms with E-state index in [2.05, 4.69) is 11.3 Å². The van der Waals surface area contributed by atoms with Crippen molar-refractivity contribution in [3.8, 4) is 0 Å². The van der Waals surface area contributed by atoms with Crippen molar-refractivity contribution in [2.45, 2.75) is 130 Å². The van der Waals surface area contributed by atoms with E-state index in [1.54, 1.807) is 29.8 Å². The molecule has 5 nitrogen and oxygen atoms in total. The minimum atomic E-state index is -4.62. The average molecular weight is 711 g/mol. The molecule has 0 aromatic rings. The molecule has 0 spiro atoms. The predicted octanol–water partition coefficient (Wildman–Crippen LogP) is 11.9. The van der Waals surface area contributed by atoms with Gasteiger partial charge in [0.1, 0.15) is 6.67 Å². The lowest BCUT2D eigenvalue weighted by Gasteiger charge is -2.24. The van der Waals surface area contributed by atoms with Gasteiger partial charge < -0.3 is 14.5 Å². The molecule has 2 fully saturated rings. The SMILES string of the molecule is C.C.C.C.C.C.C.C=CN1CCCC1=O.CC.CC(COC(F)CF)N1CCCC1=O.CCCF.CF.FCC(F)(F)F.FCF. The van der Waals surface area contributed by atoms with E-state index in [1.807, 2.05) is 13.8 Å². The minimum Gasteiger partial charge on any atom is -0.344 e. The number of nitrogens with zero attached hydrogens (tertiary/aromatic N) is 2. The Morgan fingerprint density at radius 1 is 0.848 bits per heavy atom. The van der Waals surface area contributed by atoms with Crippen molar-refractivity contribution in [2.24, 2.45) is 0 Å². The van der Waals surface area contributed by atoms with E-state index >= 15 is 0 Å². The highest BCUT2D eigenvalue weighted by molar-refractivity contribution is 5.79. The van der Waals surface area contributed by atoms with Crippen LogP contribution in [0, 0.1) is 0 Å². The summed E-state index contributed by atoms with van der Waals surface area (Å²) in [6.07, 6.45) is -1.17.